The topological polar surface area (TPSA) is 35.0 Å². The van der Waals surface area contributed by atoms with Crippen LogP contribution in [-0.4, -0.2) is 0 Å². The molecule has 1 aromatic rings. The first kappa shape index (κ1) is 11.1. The highest BCUT2D eigenvalue weighted by atomic mass is 35.5. The molecule has 0 saturated heterocycles. The van der Waals surface area contributed by atoms with Crippen molar-refractivity contribution in [1.29, 1.82) is 0 Å². The van der Waals surface area contributed by atoms with E-state index in [4.69, 9.17) is 23.2 Å². The van der Waals surface area contributed by atoms with Gasteiger partial charge in [0.25, 0.3) is 0 Å². The molecule has 0 amide bonds. The maximum atomic E-state index is 5.80. The summed E-state index contributed by atoms with van der Waals surface area (Å²) >= 11 is 11.6. The van der Waals surface area contributed by atoms with Crippen molar-refractivity contribution in [2.24, 2.45) is 0 Å². The molecule has 0 heterocycles. The van der Waals surface area contributed by atoms with Gasteiger partial charge in [-0.15, -0.1) is 12.4 Å². The van der Waals surface area contributed by atoms with Crippen molar-refractivity contribution < 1.29 is 0 Å². The van der Waals surface area contributed by atoms with Crippen molar-refractivity contribution in [2.45, 2.75) is 4.33 Å². The fourth-order valence-corrected chi connectivity index (χ4v) is 1.53. The number of hydrogen-bond acceptors (Lipinski definition) is 1. The van der Waals surface area contributed by atoms with Crippen LogP contribution in [-0.2, 0) is 4.33 Å². The van der Waals surface area contributed by atoms with Crippen LogP contribution in [0.1, 0.15) is 11.1 Å². The van der Waals surface area contributed by atoms with Crippen molar-refractivity contribution in [3.63, 3.8) is 0 Å². The van der Waals surface area contributed by atoms with Gasteiger partial charge in [0.15, 0.2) is 4.33 Å². The number of benzene rings is 1. The number of fused-ring (bicyclic) bond motifs is 1. The van der Waals surface area contributed by atoms with Crippen molar-refractivity contribution in [3.05, 3.63) is 35.4 Å². The lowest BCUT2D eigenvalue weighted by molar-refractivity contribution is 1.36. The van der Waals surface area contributed by atoms with E-state index in [1.807, 2.05) is 24.3 Å². The van der Waals surface area contributed by atoms with Gasteiger partial charge in [-0.1, -0.05) is 47.5 Å². The van der Waals surface area contributed by atoms with Gasteiger partial charge in [0.05, 0.1) is 0 Å². The predicted molar refractivity (Wildman–Crippen MR) is 51.2 cm³/mol. The predicted octanol–water partition coefficient (Wildman–Crippen LogP) is 3.26. The van der Waals surface area contributed by atoms with Crippen molar-refractivity contribution in [2.75, 3.05) is 0 Å². The summed E-state index contributed by atoms with van der Waals surface area (Å²) in [5.74, 6) is 0. The highest BCUT2D eigenvalue weighted by molar-refractivity contribution is 6.53. The molecule has 0 fully saturated rings. The van der Waals surface area contributed by atoms with Crippen LogP contribution in [0.3, 0.4) is 0 Å². The van der Waals surface area contributed by atoms with E-state index in [1.165, 1.54) is 0 Å². The molecule has 0 saturated carbocycles. The Balaban J connectivity index is 0.000000500. The molecule has 0 atom stereocenters. The normalized spacial score (nSPS) is 15.5. The largest absolute Gasteiger partial charge is 0.344 e. The van der Waals surface area contributed by atoms with E-state index in [2.05, 4.69) is 0 Å². The molecule has 0 spiro atoms. The van der Waals surface area contributed by atoms with Crippen molar-refractivity contribution in [3.8, 4) is 0 Å². The Hall–Kier alpha value is 0.0500. The number of rotatable bonds is 0. The van der Waals surface area contributed by atoms with Gasteiger partial charge in [-0.05, 0) is 11.1 Å². The highest BCUT2D eigenvalue weighted by Crippen LogP contribution is 2.56. The van der Waals surface area contributed by atoms with Gasteiger partial charge in [-0.3, -0.25) is 0 Å². The zero-order valence-electron chi connectivity index (χ0n) is 5.68. The zero-order valence-corrected chi connectivity index (χ0v) is 8.01. The van der Waals surface area contributed by atoms with Crippen LogP contribution < -0.4 is 6.15 Å². The van der Waals surface area contributed by atoms with E-state index in [9.17, 15) is 0 Å². The fraction of sp³-hybridized carbons (Fsp3) is 0.143. The van der Waals surface area contributed by atoms with Crippen LogP contribution in [0.15, 0.2) is 24.3 Å². The van der Waals surface area contributed by atoms with E-state index in [0.29, 0.717) is 0 Å². The van der Waals surface area contributed by atoms with Gasteiger partial charge in [0, 0.05) is 0 Å². The molecule has 3 N–H and O–H groups in total. The third kappa shape index (κ3) is 1.47. The average molecular weight is 213 g/mol. The van der Waals surface area contributed by atoms with E-state index >= 15 is 0 Å². The van der Waals surface area contributed by atoms with Crippen molar-refractivity contribution >= 4 is 35.6 Å². The van der Waals surface area contributed by atoms with Crippen LogP contribution in [0, 0.1) is 0 Å². The van der Waals surface area contributed by atoms with Crippen LogP contribution in [0.2, 0.25) is 0 Å². The minimum absolute atomic E-state index is 0. The van der Waals surface area contributed by atoms with E-state index in [1.54, 1.807) is 0 Å². The summed E-state index contributed by atoms with van der Waals surface area (Å²) in [5.41, 5.74) is 2.10. The Morgan fingerprint density at radius 2 is 1.36 bits per heavy atom. The lowest BCUT2D eigenvalue weighted by Crippen LogP contribution is -1.77. The minimum Gasteiger partial charge on any atom is -0.344 e. The molecule has 0 radical (unpaired) electrons. The quantitative estimate of drug-likeness (QED) is 0.658. The second-order valence-corrected chi connectivity index (χ2v) is 3.45. The minimum atomic E-state index is -0.649. The number of halogens is 3. The smallest absolute Gasteiger partial charge is 0.168 e. The molecule has 1 aliphatic carbocycles. The summed E-state index contributed by atoms with van der Waals surface area (Å²) in [6.07, 6.45) is 0. The van der Waals surface area contributed by atoms with Gasteiger partial charge in [0.2, 0.25) is 0 Å². The first-order valence-corrected chi connectivity index (χ1v) is 3.46. The standard InChI is InChI=1S/C7H4Cl2.ClH.H3N/c8-7(9)5-3-1-2-4-6(5)7;;/h1-4H;1H;1H3. The number of alkyl halides is 2. The Morgan fingerprint density at radius 1 is 1.00 bits per heavy atom. The molecule has 11 heavy (non-hydrogen) atoms. The van der Waals surface area contributed by atoms with Gasteiger partial charge >= 0.3 is 0 Å². The van der Waals surface area contributed by atoms with E-state index in [-0.39, 0.29) is 18.6 Å². The van der Waals surface area contributed by atoms with Crippen LogP contribution >= 0.6 is 35.6 Å². The molecule has 1 aliphatic rings. The first-order valence-electron chi connectivity index (χ1n) is 2.71. The highest BCUT2D eigenvalue weighted by Gasteiger charge is 2.46. The summed E-state index contributed by atoms with van der Waals surface area (Å²) in [7, 11) is 0. The lowest BCUT2D eigenvalue weighted by Gasteiger charge is -1.86. The second-order valence-electron chi connectivity index (χ2n) is 2.12. The van der Waals surface area contributed by atoms with Gasteiger partial charge in [-0.25, -0.2) is 0 Å². The number of hydrogen-bond donors (Lipinski definition) is 1. The summed E-state index contributed by atoms with van der Waals surface area (Å²) < 4.78 is -0.649. The van der Waals surface area contributed by atoms with Crippen LogP contribution in [0.25, 0.3) is 0 Å². The summed E-state index contributed by atoms with van der Waals surface area (Å²) in [6.45, 7) is 0. The molecule has 0 aromatic heterocycles. The molecule has 0 unspecified atom stereocenters. The SMILES string of the molecule is Cl.ClC1(Cl)c2ccccc21.N. The zero-order chi connectivity index (χ0) is 6.48. The average Bonchev–Trinajstić information content (AvgIpc) is 2.39. The molecule has 1 nitrogen and oxygen atoms in total. The third-order valence-corrected chi connectivity index (χ3v) is 2.36. The van der Waals surface area contributed by atoms with E-state index in [0.717, 1.165) is 11.1 Å². The maximum absolute atomic E-state index is 5.80. The molecule has 4 heteroatoms. The Kier molecular flexibility index (Phi) is 3.21. The molecule has 1 aromatic carbocycles. The second kappa shape index (κ2) is 3.20. The van der Waals surface area contributed by atoms with Gasteiger partial charge in [0.1, 0.15) is 0 Å². The van der Waals surface area contributed by atoms with Crippen LogP contribution in [0.4, 0.5) is 0 Å². The Morgan fingerprint density at radius 3 is 1.64 bits per heavy atom. The summed E-state index contributed by atoms with van der Waals surface area (Å²) in [4.78, 5) is 0. The monoisotopic (exact) mass is 211 g/mol. The maximum Gasteiger partial charge on any atom is 0.168 e. The Labute approximate surface area is 81.7 Å². The molecule has 0 bridgehead atoms. The molecule has 0 aliphatic heterocycles. The molecule has 2 rings (SSSR count). The Bertz CT molecular complexity index is 235. The first-order chi connectivity index (χ1) is 4.23. The molecule has 62 valence electrons. The van der Waals surface area contributed by atoms with Crippen molar-refractivity contribution in [1.82, 2.24) is 6.15 Å². The van der Waals surface area contributed by atoms with Gasteiger partial charge < -0.3 is 6.15 Å². The molecular weight excluding hydrogens is 204 g/mol. The van der Waals surface area contributed by atoms with E-state index < -0.39 is 4.33 Å². The summed E-state index contributed by atoms with van der Waals surface area (Å²) in [6, 6.07) is 7.75. The lowest BCUT2D eigenvalue weighted by atomic mass is 10.4. The fourth-order valence-electron chi connectivity index (χ4n) is 0.963. The molecular formula is C7H8Cl3N. The summed E-state index contributed by atoms with van der Waals surface area (Å²) in [5, 5.41) is 0. The third-order valence-electron chi connectivity index (χ3n) is 1.54. The van der Waals surface area contributed by atoms with Gasteiger partial charge in [-0.2, -0.15) is 0 Å². The van der Waals surface area contributed by atoms with Crippen LogP contribution in [0.5, 0.6) is 0 Å².